The number of hydrogen-bond donors (Lipinski definition) is 0. The SMILES string of the molecule is CCCCCCc1ccc(-c2ccc(-c3cnc4c(c3)C(=O)c3cc(-c5ccc(-c6ccc(CCCCCC)s6)s5)cnc3-4)s2)s1. The van der Waals surface area contributed by atoms with Gasteiger partial charge in [-0.15, -0.1) is 45.3 Å². The number of unbranched alkanes of at least 4 members (excludes halogenated alkanes) is 6. The first kappa shape index (κ1) is 31.4. The van der Waals surface area contributed by atoms with Gasteiger partial charge in [-0.3, -0.25) is 14.8 Å². The highest BCUT2D eigenvalue weighted by Gasteiger charge is 2.30. The van der Waals surface area contributed by atoms with Crippen LogP contribution in [0.4, 0.5) is 0 Å². The molecule has 1 aliphatic carbocycles. The normalized spacial score (nSPS) is 12.2. The first-order valence-corrected chi connectivity index (χ1v) is 19.8. The zero-order valence-electron chi connectivity index (χ0n) is 26.4. The minimum atomic E-state index is 0.0132. The van der Waals surface area contributed by atoms with E-state index in [-0.39, 0.29) is 5.78 Å². The summed E-state index contributed by atoms with van der Waals surface area (Å²) in [6.45, 7) is 4.51. The molecule has 0 amide bonds. The predicted molar refractivity (Wildman–Crippen MR) is 200 cm³/mol. The molecule has 234 valence electrons. The van der Waals surface area contributed by atoms with Gasteiger partial charge in [-0.25, -0.2) is 0 Å². The maximum atomic E-state index is 13.7. The molecule has 3 nitrogen and oxygen atoms in total. The van der Waals surface area contributed by atoms with Gasteiger partial charge in [-0.05, 0) is 86.3 Å². The van der Waals surface area contributed by atoms with Gasteiger partial charge in [0.25, 0.3) is 0 Å². The van der Waals surface area contributed by atoms with Crippen molar-refractivity contribution >= 4 is 51.1 Å². The Hall–Kier alpha value is -3.23. The Bertz CT molecular complexity index is 1830. The number of aromatic nitrogens is 2. The zero-order chi connectivity index (χ0) is 31.5. The second-order valence-electron chi connectivity index (χ2n) is 12.1. The van der Waals surface area contributed by atoms with Gasteiger partial charge >= 0.3 is 0 Å². The monoisotopic (exact) mass is 678 g/mol. The number of nitrogens with zero attached hydrogens (tertiary/aromatic N) is 2. The summed E-state index contributed by atoms with van der Waals surface area (Å²) in [7, 11) is 0. The van der Waals surface area contributed by atoms with Crippen molar-refractivity contribution in [3.8, 4) is 51.8 Å². The first-order valence-electron chi connectivity index (χ1n) is 16.5. The number of hydrogen-bond acceptors (Lipinski definition) is 7. The van der Waals surface area contributed by atoms with Crippen molar-refractivity contribution < 1.29 is 4.79 Å². The van der Waals surface area contributed by atoms with Crippen molar-refractivity contribution in [3.05, 3.63) is 93.9 Å². The van der Waals surface area contributed by atoms with Crippen LogP contribution in [0.2, 0.25) is 0 Å². The molecule has 0 saturated carbocycles. The Labute approximate surface area is 288 Å². The third-order valence-corrected chi connectivity index (χ3v) is 13.6. The van der Waals surface area contributed by atoms with Crippen LogP contribution in [0.25, 0.3) is 51.8 Å². The topological polar surface area (TPSA) is 42.9 Å². The lowest BCUT2D eigenvalue weighted by atomic mass is 10.1. The van der Waals surface area contributed by atoms with E-state index in [1.807, 2.05) is 47.2 Å². The Morgan fingerprint density at radius 3 is 1.37 bits per heavy atom. The van der Waals surface area contributed by atoms with E-state index in [1.165, 1.54) is 93.5 Å². The Kier molecular flexibility index (Phi) is 9.73. The molecule has 0 fully saturated rings. The van der Waals surface area contributed by atoms with Crippen LogP contribution >= 0.6 is 45.3 Å². The van der Waals surface area contributed by atoms with Crippen LogP contribution < -0.4 is 0 Å². The molecule has 7 rings (SSSR count). The quantitative estimate of drug-likeness (QED) is 0.108. The molecule has 6 aromatic rings. The highest BCUT2D eigenvalue weighted by Crippen LogP contribution is 2.43. The molecule has 1 aliphatic rings. The van der Waals surface area contributed by atoms with Gasteiger partial charge in [0.15, 0.2) is 5.78 Å². The highest BCUT2D eigenvalue weighted by molar-refractivity contribution is 7.24. The molecule has 0 aliphatic heterocycles. The molecule has 0 aromatic carbocycles. The van der Waals surface area contributed by atoms with E-state index in [2.05, 4.69) is 62.4 Å². The van der Waals surface area contributed by atoms with E-state index in [4.69, 9.17) is 9.97 Å². The summed E-state index contributed by atoms with van der Waals surface area (Å²) in [6.07, 6.45) is 16.4. The molecule has 6 heterocycles. The summed E-state index contributed by atoms with van der Waals surface area (Å²) >= 11 is 7.34. The third-order valence-electron chi connectivity index (χ3n) is 8.63. The van der Waals surface area contributed by atoms with Gasteiger partial charge in [0.1, 0.15) is 11.4 Å². The molecule has 0 saturated heterocycles. The molecule has 0 spiro atoms. The predicted octanol–water partition coefficient (Wildman–Crippen LogP) is 12.8. The minimum Gasteiger partial charge on any atom is -0.288 e. The summed E-state index contributed by atoms with van der Waals surface area (Å²) < 4.78 is 0. The number of carbonyl (C=O) groups is 1. The number of aryl methyl sites for hydroxylation is 2. The maximum Gasteiger partial charge on any atom is 0.197 e. The van der Waals surface area contributed by atoms with Crippen molar-refractivity contribution in [1.29, 1.82) is 0 Å². The van der Waals surface area contributed by atoms with Crippen LogP contribution in [0.1, 0.15) is 90.9 Å². The standard InChI is InChI=1S/C39H38N2OS4/c1-3-5-7-9-11-27-13-15-33(43-27)35-19-17-31(45-35)25-21-29-37(40-23-25)38-30(39(29)42)22-26(24-41-38)32-18-20-36(46-32)34-16-14-28(44-34)12-10-8-6-4-2/h13-24H,3-12H2,1-2H3. The minimum absolute atomic E-state index is 0.0132. The fraction of sp³-hybridized carbons (Fsp3) is 0.308. The van der Waals surface area contributed by atoms with E-state index < -0.39 is 0 Å². The van der Waals surface area contributed by atoms with Crippen molar-refractivity contribution in [1.82, 2.24) is 9.97 Å². The second-order valence-corrected chi connectivity index (χ2v) is 16.6. The van der Waals surface area contributed by atoms with Gasteiger partial charge in [-0.2, -0.15) is 0 Å². The maximum absolute atomic E-state index is 13.7. The Morgan fingerprint density at radius 1 is 0.500 bits per heavy atom. The van der Waals surface area contributed by atoms with Crippen LogP contribution in [0.15, 0.2) is 73.1 Å². The Morgan fingerprint density at radius 2 is 0.913 bits per heavy atom. The summed E-state index contributed by atoms with van der Waals surface area (Å²) in [5.74, 6) is 0.0132. The number of fused-ring (bicyclic) bond motifs is 3. The fourth-order valence-corrected chi connectivity index (χ4v) is 10.3. The molecule has 0 bridgehead atoms. The lowest BCUT2D eigenvalue weighted by Crippen LogP contribution is -1.96. The van der Waals surface area contributed by atoms with Crippen LogP contribution in [0.3, 0.4) is 0 Å². The summed E-state index contributed by atoms with van der Waals surface area (Å²) in [4.78, 5) is 33.6. The molecular formula is C39H38N2OS4. The first-order chi connectivity index (χ1) is 22.6. The van der Waals surface area contributed by atoms with Gasteiger partial charge < -0.3 is 0 Å². The molecular weight excluding hydrogens is 641 g/mol. The van der Waals surface area contributed by atoms with Crippen LogP contribution in [0.5, 0.6) is 0 Å². The average Bonchev–Trinajstić information content (AvgIpc) is 3.92. The number of pyridine rings is 2. The lowest BCUT2D eigenvalue weighted by molar-refractivity contribution is 0.104. The van der Waals surface area contributed by atoms with Crippen molar-refractivity contribution in [2.24, 2.45) is 0 Å². The van der Waals surface area contributed by atoms with Gasteiger partial charge in [-0.1, -0.05) is 52.4 Å². The molecule has 46 heavy (non-hydrogen) atoms. The van der Waals surface area contributed by atoms with Crippen molar-refractivity contribution in [3.63, 3.8) is 0 Å². The van der Waals surface area contributed by atoms with Crippen molar-refractivity contribution in [2.45, 2.75) is 78.1 Å². The largest absolute Gasteiger partial charge is 0.288 e. The van der Waals surface area contributed by atoms with E-state index in [0.29, 0.717) is 22.5 Å². The smallest absolute Gasteiger partial charge is 0.197 e. The third kappa shape index (κ3) is 6.61. The van der Waals surface area contributed by atoms with E-state index in [1.54, 1.807) is 22.7 Å². The van der Waals surface area contributed by atoms with Gasteiger partial charge in [0.2, 0.25) is 0 Å². The number of thiophene rings is 4. The molecule has 0 radical (unpaired) electrons. The van der Waals surface area contributed by atoms with Crippen LogP contribution in [-0.2, 0) is 12.8 Å². The number of carbonyl (C=O) groups excluding carboxylic acids is 1. The van der Waals surface area contributed by atoms with Gasteiger partial charge in [0, 0.05) is 62.5 Å². The molecule has 0 unspecified atom stereocenters. The van der Waals surface area contributed by atoms with Crippen LogP contribution in [-0.4, -0.2) is 15.8 Å². The fourth-order valence-electron chi connectivity index (χ4n) is 6.06. The second kappa shape index (κ2) is 14.3. The highest BCUT2D eigenvalue weighted by atomic mass is 32.1. The van der Waals surface area contributed by atoms with E-state index in [0.717, 1.165) is 20.9 Å². The molecule has 6 aromatic heterocycles. The number of ketones is 1. The molecule has 0 N–H and O–H groups in total. The van der Waals surface area contributed by atoms with E-state index >= 15 is 0 Å². The summed E-state index contributed by atoms with van der Waals surface area (Å²) in [5, 5.41) is 0. The van der Waals surface area contributed by atoms with Gasteiger partial charge in [0.05, 0.1) is 11.1 Å². The van der Waals surface area contributed by atoms with E-state index in [9.17, 15) is 4.79 Å². The Balaban J connectivity index is 1.05. The summed E-state index contributed by atoms with van der Waals surface area (Å²) in [6, 6.07) is 21.8. The summed E-state index contributed by atoms with van der Waals surface area (Å²) in [5.41, 5.74) is 4.64. The van der Waals surface area contributed by atoms with Crippen molar-refractivity contribution in [2.75, 3.05) is 0 Å². The zero-order valence-corrected chi connectivity index (χ0v) is 29.7. The van der Waals surface area contributed by atoms with Crippen LogP contribution in [0, 0.1) is 0 Å². The molecule has 0 atom stereocenters. The average molecular weight is 679 g/mol. The molecule has 7 heteroatoms. The number of rotatable bonds is 14. The lowest BCUT2D eigenvalue weighted by Gasteiger charge is -2.02.